The van der Waals surface area contributed by atoms with Crippen molar-refractivity contribution < 1.29 is 4.79 Å². The van der Waals surface area contributed by atoms with Gasteiger partial charge in [-0.2, -0.15) is 0 Å². The molecule has 1 amide bonds. The molecular weight excluding hydrogens is 210 g/mol. The van der Waals surface area contributed by atoms with E-state index in [1.807, 2.05) is 36.4 Å². The minimum Gasteiger partial charge on any atom is -0.273 e. The maximum atomic E-state index is 11.2. The second-order valence-electron chi connectivity index (χ2n) is 4.07. The van der Waals surface area contributed by atoms with E-state index < -0.39 is 0 Å². The summed E-state index contributed by atoms with van der Waals surface area (Å²) in [4.78, 5) is 15.4. The molecule has 2 nitrogen and oxygen atoms in total. The number of carbonyl (C=O) groups excluding carboxylic acids is 1. The average molecular weight is 221 g/mol. The zero-order chi connectivity index (χ0) is 11.8. The minimum absolute atomic E-state index is 0.161. The molecule has 0 heterocycles. The van der Waals surface area contributed by atoms with Gasteiger partial charge in [0.2, 0.25) is 5.91 Å². The summed E-state index contributed by atoms with van der Waals surface area (Å²) in [7, 11) is 0. The van der Waals surface area contributed by atoms with Crippen LogP contribution in [0.1, 0.15) is 18.1 Å². The lowest BCUT2D eigenvalue weighted by Gasteiger charge is -1.98. The van der Waals surface area contributed by atoms with Crippen molar-refractivity contribution in [1.29, 1.82) is 0 Å². The van der Waals surface area contributed by atoms with E-state index in [1.165, 1.54) is 6.92 Å². The van der Waals surface area contributed by atoms with E-state index in [-0.39, 0.29) is 5.91 Å². The largest absolute Gasteiger partial charge is 0.273 e. The fraction of sp³-hybridized carbons (Fsp3) is 0.0667. The maximum absolute atomic E-state index is 11.2. The number of rotatable bonds is 0. The van der Waals surface area contributed by atoms with Gasteiger partial charge in [-0.3, -0.25) is 4.79 Å². The van der Waals surface area contributed by atoms with Crippen LogP contribution in [0.2, 0.25) is 0 Å². The van der Waals surface area contributed by atoms with Crippen LogP contribution in [-0.2, 0) is 4.79 Å². The summed E-state index contributed by atoms with van der Waals surface area (Å²) in [5.41, 5.74) is 5.20. The van der Waals surface area contributed by atoms with Gasteiger partial charge in [0.05, 0.1) is 5.71 Å². The van der Waals surface area contributed by atoms with E-state index in [0.29, 0.717) is 0 Å². The molecule has 0 radical (unpaired) electrons. The lowest BCUT2D eigenvalue weighted by Crippen LogP contribution is -2.01. The predicted octanol–water partition coefficient (Wildman–Crippen LogP) is 3.05. The van der Waals surface area contributed by atoms with E-state index in [0.717, 1.165) is 28.0 Å². The van der Waals surface area contributed by atoms with E-state index in [1.54, 1.807) is 0 Å². The number of amides is 1. The molecule has 17 heavy (non-hydrogen) atoms. The van der Waals surface area contributed by atoms with Gasteiger partial charge in [0.1, 0.15) is 0 Å². The molecule has 0 atom stereocenters. The van der Waals surface area contributed by atoms with Crippen LogP contribution in [-0.4, -0.2) is 11.6 Å². The molecule has 0 N–H and O–H groups in total. The summed E-state index contributed by atoms with van der Waals surface area (Å²) < 4.78 is 0. The summed E-state index contributed by atoms with van der Waals surface area (Å²) in [5, 5.41) is 0. The molecular formula is C15H11NO. The van der Waals surface area contributed by atoms with Crippen molar-refractivity contribution in [3.8, 4) is 11.1 Å². The van der Waals surface area contributed by atoms with Gasteiger partial charge in [0.25, 0.3) is 0 Å². The van der Waals surface area contributed by atoms with Gasteiger partial charge in [-0.25, -0.2) is 4.99 Å². The van der Waals surface area contributed by atoms with Crippen LogP contribution >= 0.6 is 0 Å². The highest BCUT2D eigenvalue weighted by atomic mass is 16.1. The topological polar surface area (TPSA) is 29.4 Å². The number of fused-ring (bicyclic) bond motifs is 3. The van der Waals surface area contributed by atoms with Gasteiger partial charge in [-0.15, -0.1) is 0 Å². The minimum atomic E-state index is -0.161. The standard InChI is InChI=1S/C15H11NO/c1-10(17)16-15-13-8-4-2-6-11(13)12-7-3-5-9-14(12)15/h2-9H,1H3. The molecule has 0 unspecified atom stereocenters. The normalized spacial score (nSPS) is 11.9. The van der Waals surface area contributed by atoms with Crippen molar-refractivity contribution in [2.24, 2.45) is 4.99 Å². The van der Waals surface area contributed by atoms with Crippen LogP contribution in [0.3, 0.4) is 0 Å². The first-order valence-electron chi connectivity index (χ1n) is 5.56. The Labute approximate surface area is 99.6 Å². The Kier molecular flexibility index (Phi) is 2.15. The van der Waals surface area contributed by atoms with Crippen LogP contribution in [0, 0.1) is 0 Å². The molecule has 0 aliphatic heterocycles. The monoisotopic (exact) mass is 221 g/mol. The zero-order valence-corrected chi connectivity index (χ0v) is 9.47. The first-order valence-corrected chi connectivity index (χ1v) is 5.56. The van der Waals surface area contributed by atoms with Crippen molar-refractivity contribution in [2.75, 3.05) is 0 Å². The number of aliphatic imine (C=N–C) groups is 1. The van der Waals surface area contributed by atoms with Gasteiger partial charge < -0.3 is 0 Å². The third-order valence-electron chi connectivity index (χ3n) is 2.92. The molecule has 2 aromatic carbocycles. The van der Waals surface area contributed by atoms with Crippen molar-refractivity contribution in [3.63, 3.8) is 0 Å². The summed E-state index contributed by atoms with van der Waals surface area (Å²) in [6.45, 7) is 1.48. The molecule has 3 rings (SSSR count). The Bertz CT molecular complexity index is 593. The van der Waals surface area contributed by atoms with Gasteiger partial charge in [0.15, 0.2) is 0 Å². The molecule has 2 heteroatoms. The van der Waals surface area contributed by atoms with Crippen LogP contribution in [0.4, 0.5) is 0 Å². The molecule has 0 saturated heterocycles. The van der Waals surface area contributed by atoms with E-state index in [4.69, 9.17) is 0 Å². The van der Waals surface area contributed by atoms with Crippen molar-refractivity contribution >= 4 is 11.6 Å². The van der Waals surface area contributed by atoms with Crippen molar-refractivity contribution in [3.05, 3.63) is 59.7 Å². The number of carbonyl (C=O) groups is 1. The molecule has 2 aromatic rings. The molecule has 1 aliphatic rings. The molecule has 0 saturated carbocycles. The van der Waals surface area contributed by atoms with Crippen LogP contribution in [0.15, 0.2) is 53.5 Å². The molecule has 0 bridgehead atoms. The average Bonchev–Trinajstić information content (AvgIpc) is 2.65. The molecule has 0 aromatic heterocycles. The van der Waals surface area contributed by atoms with E-state index in [9.17, 15) is 4.79 Å². The molecule has 0 spiro atoms. The number of hydrogen-bond acceptors (Lipinski definition) is 1. The Balaban J connectivity index is 2.35. The first-order chi connectivity index (χ1) is 8.27. The number of nitrogens with zero attached hydrogens (tertiary/aromatic N) is 1. The SMILES string of the molecule is CC(=O)N=C1c2ccccc2-c2ccccc21. The third-order valence-corrected chi connectivity index (χ3v) is 2.92. The highest BCUT2D eigenvalue weighted by Crippen LogP contribution is 2.36. The second-order valence-corrected chi connectivity index (χ2v) is 4.07. The number of hydrogen-bond donors (Lipinski definition) is 0. The molecule has 82 valence electrons. The lowest BCUT2D eigenvalue weighted by atomic mass is 10.1. The molecule has 0 fully saturated rings. The highest BCUT2D eigenvalue weighted by Gasteiger charge is 2.23. The Morgan fingerprint density at radius 1 is 0.824 bits per heavy atom. The number of benzene rings is 2. The van der Waals surface area contributed by atoms with Crippen LogP contribution < -0.4 is 0 Å². The van der Waals surface area contributed by atoms with Gasteiger partial charge in [-0.1, -0.05) is 48.5 Å². The first kappa shape index (κ1) is 9.97. The summed E-state index contributed by atoms with van der Waals surface area (Å²) in [5.74, 6) is -0.161. The van der Waals surface area contributed by atoms with E-state index >= 15 is 0 Å². The smallest absolute Gasteiger partial charge is 0.243 e. The van der Waals surface area contributed by atoms with Gasteiger partial charge in [-0.05, 0) is 11.1 Å². The maximum Gasteiger partial charge on any atom is 0.243 e. The summed E-state index contributed by atoms with van der Waals surface area (Å²) in [6, 6.07) is 16.1. The fourth-order valence-electron chi connectivity index (χ4n) is 2.27. The lowest BCUT2D eigenvalue weighted by molar-refractivity contribution is -0.115. The van der Waals surface area contributed by atoms with Crippen LogP contribution in [0.5, 0.6) is 0 Å². The highest BCUT2D eigenvalue weighted by molar-refractivity contribution is 6.26. The molecule has 1 aliphatic carbocycles. The Morgan fingerprint density at radius 3 is 1.65 bits per heavy atom. The second kappa shape index (κ2) is 3.67. The Morgan fingerprint density at radius 2 is 1.24 bits per heavy atom. The van der Waals surface area contributed by atoms with Gasteiger partial charge in [0, 0.05) is 18.1 Å². The quantitative estimate of drug-likeness (QED) is 0.573. The van der Waals surface area contributed by atoms with Crippen molar-refractivity contribution in [2.45, 2.75) is 6.92 Å². The zero-order valence-electron chi connectivity index (χ0n) is 9.47. The fourth-order valence-corrected chi connectivity index (χ4v) is 2.27. The van der Waals surface area contributed by atoms with E-state index in [2.05, 4.69) is 17.1 Å². The van der Waals surface area contributed by atoms with Crippen LogP contribution in [0.25, 0.3) is 11.1 Å². The third kappa shape index (κ3) is 1.49. The van der Waals surface area contributed by atoms with Crippen molar-refractivity contribution in [1.82, 2.24) is 0 Å². The van der Waals surface area contributed by atoms with Gasteiger partial charge >= 0.3 is 0 Å². The summed E-state index contributed by atoms with van der Waals surface area (Å²) >= 11 is 0. The Hall–Kier alpha value is -2.22. The predicted molar refractivity (Wildman–Crippen MR) is 68.2 cm³/mol. The summed E-state index contributed by atoms with van der Waals surface area (Å²) in [6.07, 6.45) is 0.